The average molecular weight is 274 g/mol. The predicted octanol–water partition coefficient (Wildman–Crippen LogP) is 2.01. The van der Waals surface area contributed by atoms with Crippen molar-refractivity contribution < 1.29 is 4.74 Å². The maximum atomic E-state index is 5.32. The fraction of sp³-hybridized carbons (Fsp3) is 0.600. The Morgan fingerprint density at radius 2 is 2.30 bits per heavy atom. The Bertz CT molecular complexity index is 580. The van der Waals surface area contributed by atoms with Crippen LogP contribution >= 0.6 is 0 Å². The number of nitrogens with zero attached hydrogens (tertiary/aromatic N) is 4. The molecule has 5 heteroatoms. The van der Waals surface area contributed by atoms with Gasteiger partial charge in [-0.1, -0.05) is 13.0 Å². The summed E-state index contributed by atoms with van der Waals surface area (Å²) in [5.74, 6) is 2.34. The van der Waals surface area contributed by atoms with Crippen LogP contribution < -0.4 is 4.74 Å². The third-order valence-electron chi connectivity index (χ3n) is 4.10. The van der Waals surface area contributed by atoms with Crippen LogP contribution in [-0.4, -0.2) is 46.2 Å². The average Bonchev–Trinajstić information content (AvgIpc) is 2.89. The van der Waals surface area contributed by atoms with Gasteiger partial charge in [0.2, 0.25) is 5.88 Å². The second-order valence-electron chi connectivity index (χ2n) is 5.47. The summed E-state index contributed by atoms with van der Waals surface area (Å²) in [5.41, 5.74) is 0.863. The fourth-order valence-electron chi connectivity index (χ4n) is 3.03. The SMILES string of the molecule is CCN1CCCC(Cc2nc3cccc(OC)n3n2)C1. The molecule has 0 bridgehead atoms. The van der Waals surface area contributed by atoms with Crippen molar-refractivity contribution >= 4 is 5.65 Å². The summed E-state index contributed by atoms with van der Waals surface area (Å²) in [5, 5.41) is 4.59. The Kier molecular flexibility index (Phi) is 3.87. The van der Waals surface area contributed by atoms with Gasteiger partial charge in [-0.2, -0.15) is 4.52 Å². The first-order valence-electron chi connectivity index (χ1n) is 7.41. The molecule has 0 amide bonds. The zero-order valence-electron chi connectivity index (χ0n) is 12.2. The van der Waals surface area contributed by atoms with E-state index in [4.69, 9.17) is 4.74 Å². The molecule has 0 N–H and O–H groups in total. The molecular weight excluding hydrogens is 252 g/mol. The van der Waals surface area contributed by atoms with Crippen LogP contribution in [-0.2, 0) is 6.42 Å². The van der Waals surface area contributed by atoms with Crippen molar-refractivity contribution in [2.45, 2.75) is 26.2 Å². The summed E-state index contributed by atoms with van der Waals surface area (Å²) in [6, 6.07) is 5.83. The van der Waals surface area contributed by atoms with Gasteiger partial charge in [0.1, 0.15) is 0 Å². The molecule has 108 valence electrons. The lowest BCUT2D eigenvalue weighted by Crippen LogP contribution is -2.36. The zero-order valence-corrected chi connectivity index (χ0v) is 12.2. The van der Waals surface area contributed by atoms with Crippen molar-refractivity contribution in [1.29, 1.82) is 0 Å². The van der Waals surface area contributed by atoms with Crippen LogP contribution in [0, 0.1) is 5.92 Å². The molecule has 2 aromatic heterocycles. The number of fused-ring (bicyclic) bond motifs is 1. The van der Waals surface area contributed by atoms with Crippen LogP contribution in [0.25, 0.3) is 5.65 Å². The maximum Gasteiger partial charge on any atom is 0.216 e. The first-order valence-corrected chi connectivity index (χ1v) is 7.41. The van der Waals surface area contributed by atoms with E-state index in [9.17, 15) is 0 Å². The topological polar surface area (TPSA) is 42.7 Å². The maximum absolute atomic E-state index is 5.32. The standard InChI is InChI=1S/C15H22N4O/c1-3-18-9-5-6-12(11-18)10-13-16-14-7-4-8-15(20-2)19(14)17-13/h4,7-8,12H,3,5-6,9-11H2,1-2H3. The lowest BCUT2D eigenvalue weighted by atomic mass is 9.94. The quantitative estimate of drug-likeness (QED) is 0.855. The van der Waals surface area contributed by atoms with Crippen LogP contribution in [0.1, 0.15) is 25.6 Å². The molecule has 1 aliphatic rings. The van der Waals surface area contributed by atoms with E-state index in [2.05, 4.69) is 21.9 Å². The molecule has 20 heavy (non-hydrogen) atoms. The van der Waals surface area contributed by atoms with Gasteiger partial charge in [0.15, 0.2) is 11.5 Å². The van der Waals surface area contributed by atoms with Crippen LogP contribution in [0.2, 0.25) is 0 Å². The van der Waals surface area contributed by atoms with Gasteiger partial charge in [0.05, 0.1) is 7.11 Å². The van der Waals surface area contributed by atoms with Gasteiger partial charge in [-0.25, -0.2) is 4.98 Å². The minimum Gasteiger partial charge on any atom is -0.481 e. The number of ether oxygens (including phenoxy) is 1. The van der Waals surface area contributed by atoms with Crippen molar-refractivity contribution in [3.8, 4) is 5.88 Å². The van der Waals surface area contributed by atoms with E-state index < -0.39 is 0 Å². The molecule has 3 rings (SSSR count). The van der Waals surface area contributed by atoms with E-state index in [0.29, 0.717) is 5.92 Å². The van der Waals surface area contributed by atoms with Gasteiger partial charge in [-0.15, -0.1) is 5.10 Å². The molecule has 5 nitrogen and oxygen atoms in total. The summed E-state index contributed by atoms with van der Waals surface area (Å²) in [7, 11) is 1.66. The Morgan fingerprint density at radius 3 is 3.10 bits per heavy atom. The molecule has 0 aliphatic carbocycles. The molecule has 0 saturated carbocycles. The summed E-state index contributed by atoms with van der Waals surface area (Å²) in [4.78, 5) is 7.14. The largest absolute Gasteiger partial charge is 0.481 e. The number of aromatic nitrogens is 3. The Balaban J connectivity index is 1.77. The number of piperidine rings is 1. The zero-order chi connectivity index (χ0) is 13.9. The lowest BCUT2D eigenvalue weighted by Gasteiger charge is -2.31. The number of likely N-dealkylation sites (tertiary alicyclic amines) is 1. The van der Waals surface area contributed by atoms with Gasteiger partial charge in [-0.05, 0) is 37.9 Å². The van der Waals surface area contributed by atoms with Crippen molar-refractivity contribution in [2.75, 3.05) is 26.7 Å². The number of pyridine rings is 1. The first kappa shape index (κ1) is 13.4. The molecule has 2 aromatic rings. The Labute approximate surface area is 119 Å². The molecule has 1 atom stereocenters. The van der Waals surface area contributed by atoms with E-state index in [1.54, 1.807) is 11.6 Å². The van der Waals surface area contributed by atoms with Crippen molar-refractivity contribution in [3.63, 3.8) is 0 Å². The van der Waals surface area contributed by atoms with Gasteiger partial charge < -0.3 is 9.64 Å². The van der Waals surface area contributed by atoms with Crippen LogP contribution in [0.15, 0.2) is 18.2 Å². The molecular formula is C15H22N4O. The summed E-state index contributed by atoms with van der Waals surface area (Å²) in [6.45, 7) is 5.78. The van der Waals surface area contributed by atoms with Crippen LogP contribution in [0.5, 0.6) is 5.88 Å². The fourth-order valence-corrected chi connectivity index (χ4v) is 3.03. The number of rotatable bonds is 4. The van der Waals surface area contributed by atoms with Gasteiger partial charge in [0.25, 0.3) is 0 Å². The van der Waals surface area contributed by atoms with Gasteiger partial charge in [-0.3, -0.25) is 0 Å². The molecule has 1 saturated heterocycles. The van der Waals surface area contributed by atoms with Crippen molar-refractivity contribution in [1.82, 2.24) is 19.5 Å². The Hall–Kier alpha value is -1.62. The number of methoxy groups -OCH3 is 1. The minimum absolute atomic E-state index is 0.673. The summed E-state index contributed by atoms with van der Waals surface area (Å²) < 4.78 is 7.10. The normalized spacial score (nSPS) is 20.4. The van der Waals surface area contributed by atoms with Crippen LogP contribution in [0.3, 0.4) is 0 Å². The smallest absolute Gasteiger partial charge is 0.216 e. The highest BCUT2D eigenvalue weighted by Crippen LogP contribution is 2.20. The van der Waals surface area contributed by atoms with E-state index in [0.717, 1.165) is 30.3 Å². The highest BCUT2D eigenvalue weighted by atomic mass is 16.5. The van der Waals surface area contributed by atoms with Crippen molar-refractivity contribution in [2.24, 2.45) is 5.92 Å². The Morgan fingerprint density at radius 1 is 1.40 bits per heavy atom. The van der Waals surface area contributed by atoms with Gasteiger partial charge in [0, 0.05) is 19.0 Å². The van der Waals surface area contributed by atoms with Gasteiger partial charge >= 0.3 is 0 Å². The summed E-state index contributed by atoms with van der Waals surface area (Å²) in [6.07, 6.45) is 3.53. The highest BCUT2D eigenvalue weighted by molar-refractivity contribution is 5.40. The number of hydrogen-bond donors (Lipinski definition) is 0. The molecule has 1 fully saturated rings. The lowest BCUT2D eigenvalue weighted by molar-refractivity contribution is 0.181. The molecule has 1 unspecified atom stereocenters. The number of hydrogen-bond acceptors (Lipinski definition) is 4. The second kappa shape index (κ2) is 5.79. The molecule has 3 heterocycles. The van der Waals surface area contributed by atoms with E-state index in [-0.39, 0.29) is 0 Å². The summed E-state index contributed by atoms with van der Waals surface area (Å²) >= 11 is 0. The van der Waals surface area contributed by atoms with Crippen LogP contribution in [0.4, 0.5) is 0 Å². The predicted molar refractivity (Wildman–Crippen MR) is 78.1 cm³/mol. The third kappa shape index (κ3) is 2.63. The minimum atomic E-state index is 0.673. The highest BCUT2D eigenvalue weighted by Gasteiger charge is 2.21. The van der Waals surface area contributed by atoms with E-state index in [1.807, 2.05) is 18.2 Å². The van der Waals surface area contributed by atoms with E-state index >= 15 is 0 Å². The molecule has 0 aromatic carbocycles. The molecule has 0 spiro atoms. The van der Waals surface area contributed by atoms with Crippen molar-refractivity contribution in [3.05, 3.63) is 24.0 Å². The third-order valence-corrected chi connectivity index (χ3v) is 4.10. The van der Waals surface area contributed by atoms with E-state index in [1.165, 1.54) is 25.9 Å². The molecule has 0 radical (unpaired) electrons. The first-order chi connectivity index (χ1) is 9.80. The second-order valence-corrected chi connectivity index (χ2v) is 5.47. The molecule has 1 aliphatic heterocycles. The monoisotopic (exact) mass is 274 g/mol.